The second-order valence-electron chi connectivity index (χ2n) is 3.09. The lowest BCUT2D eigenvalue weighted by Crippen LogP contribution is -2.00. The minimum atomic E-state index is -0.921. The van der Waals surface area contributed by atoms with E-state index >= 15 is 0 Å². The van der Waals surface area contributed by atoms with Crippen molar-refractivity contribution in [2.75, 3.05) is 23.5 Å². The van der Waals surface area contributed by atoms with Crippen molar-refractivity contribution in [1.29, 1.82) is 0 Å². The van der Waals surface area contributed by atoms with E-state index in [1.807, 2.05) is 6.07 Å². The summed E-state index contributed by atoms with van der Waals surface area (Å²) in [6, 6.07) is 5.41. The Bertz CT molecular complexity index is 357. The summed E-state index contributed by atoms with van der Waals surface area (Å²) >= 11 is 5.16. The van der Waals surface area contributed by atoms with Gasteiger partial charge in [0.2, 0.25) is 0 Å². The van der Waals surface area contributed by atoms with Crippen molar-refractivity contribution in [3.05, 3.63) is 22.7 Å². The molecule has 84 valence electrons. The van der Waals surface area contributed by atoms with E-state index in [9.17, 15) is 4.21 Å². The molecule has 0 radical (unpaired) electrons. The predicted octanol–water partition coefficient (Wildman–Crippen LogP) is 2.89. The minimum Gasteiger partial charge on any atom is -0.399 e. The monoisotopic (exact) mass is 307 g/mol. The first kappa shape index (κ1) is 13.1. The van der Waals surface area contributed by atoms with Crippen LogP contribution < -0.4 is 5.73 Å². The number of nitrogens with two attached hydrogens (primary N) is 1. The lowest BCUT2D eigenvalue weighted by atomic mass is 10.3. The first-order valence-electron chi connectivity index (χ1n) is 4.57. The average molecular weight is 308 g/mol. The molecular formula is C10H14BrNOS2. The maximum atomic E-state index is 11.9. The molecule has 0 saturated heterocycles. The molecule has 0 aromatic heterocycles. The Kier molecular flexibility index (Phi) is 5.71. The van der Waals surface area contributed by atoms with Gasteiger partial charge in [0, 0.05) is 15.9 Å². The Balaban J connectivity index is 2.65. The Morgan fingerprint density at radius 3 is 2.87 bits per heavy atom. The van der Waals surface area contributed by atoms with Gasteiger partial charge in [0.25, 0.3) is 0 Å². The SMILES string of the molecule is CSCCCS(=O)c1ccc(N)cc1Br. The molecule has 0 aliphatic rings. The van der Waals surface area contributed by atoms with Gasteiger partial charge in [-0.05, 0) is 52.6 Å². The second kappa shape index (κ2) is 6.55. The molecule has 1 aromatic rings. The van der Waals surface area contributed by atoms with Gasteiger partial charge in [0.1, 0.15) is 0 Å². The summed E-state index contributed by atoms with van der Waals surface area (Å²) in [5, 5.41) is 0. The van der Waals surface area contributed by atoms with Gasteiger partial charge >= 0.3 is 0 Å². The molecule has 2 nitrogen and oxygen atoms in total. The Morgan fingerprint density at radius 2 is 2.27 bits per heavy atom. The molecule has 2 N–H and O–H groups in total. The highest BCUT2D eigenvalue weighted by Crippen LogP contribution is 2.23. The zero-order valence-electron chi connectivity index (χ0n) is 8.53. The highest BCUT2D eigenvalue weighted by molar-refractivity contribution is 9.10. The molecule has 0 spiro atoms. The van der Waals surface area contributed by atoms with E-state index in [0.717, 1.165) is 21.5 Å². The van der Waals surface area contributed by atoms with Crippen LogP contribution in [0.25, 0.3) is 0 Å². The third-order valence-corrected chi connectivity index (χ3v) is 5.00. The average Bonchev–Trinajstić information content (AvgIpc) is 2.17. The number of hydrogen-bond donors (Lipinski definition) is 1. The molecule has 0 fully saturated rings. The number of halogens is 1. The summed E-state index contributed by atoms with van der Waals surface area (Å²) in [7, 11) is -0.921. The van der Waals surface area contributed by atoms with Crippen LogP contribution in [0.5, 0.6) is 0 Å². The normalized spacial score (nSPS) is 12.7. The molecule has 1 atom stereocenters. The van der Waals surface area contributed by atoms with Gasteiger partial charge in [0.15, 0.2) is 0 Å². The fourth-order valence-corrected chi connectivity index (χ4v) is 3.82. The molecule has 0 heterocycles. The maximum Gasteiger partial charge on any atom is 0.0541 e. The first-order chi connectivity index (χ1) is 7.15. The lowest BCUT2D eigenvalue weighted by Gasteiger charge is -2.05. The quantitative estimate of drug-likeness (QED) is 0.672. The smallest absolute Gasteiger partial charge is 0.0541 e. The van der Waals surface area contributed by atoms with Crippen LogP contribution in [-0.4, -0.2) is 22.0 Å². The molecule has 15 heavy (non-hydrogen) atoms. The summed E-state index contributed by atoms with van der Waals surface area (Å²) in [6.45, 7) is 0. The van der Waals surface area contributed by atoms with E-state index in [1.54, 1.807) is 23.9 Å². The van der Waals surface area contributed by atoms with Crippen LogP contribution in [-0.2, 0) is 10.8 Å². The van der Waals surface area contributed by atoms with Crippen LogP contribution in [0.4, 0.5) is 5.69 Å². The minimum absolute atomic E-state index is 0.687. The number of benzene rings is 1. The molecule has 1 rings (SSSR count). The van der Waals surface area contributed by atoms with Crippen molar-refractivity contribution in [2.45, 2.75) is 11.3 Å². The van der Waals surface area contributed by atoms with E-state index in [4.69, 9.17) is 5.73 Å². The molecular weight excluding hydrogens is 294 g/mol. The molecule has 5 heteroatoms. The number of hydrogen-bond acceptors (Lipinski definition) is 3. The van der Waals surface area contributed by atoms with E-state index in [0.29, 0.717) is 11.4 Å². The largest absolute Gasteiger partial charge is 0.399 e. The molecule has 0 bridgehead atoms. The molecule has 0 aliphatic heterocycles. The zero-order valence-corrected chi connectivity index (χ0v) is 11.8. The van der Waals surface area contributed by atoms with E-state index in [2.05, 4.69) is 22.2 Å². The third-order valence-electron chi connectivity index (χ3n) is 1.88. The number of nitrogen functional groups attached to an aromatic ring is 1. The van der Waals surface area contributed by atoms with Crippen LogP contribution >= 0.6 is 27.7 Å². The van der Waals surface area contributed by atoms with E-state index < -0.39 is 10.8 Å². The lowest BCUT2D eigenvalue weighted by molar-refractivity contribution is 0.681. The van der Waals surface area contributed by atoms with Gasteiger partial charge in [-0.3, -0.25) is 4.21 Å². The van der Waals surface area contributed by atoms with Crippen LogP contribution in [0.1, 0.15) is 6.42 Å². The zero-order chi connectivity index (χ0) is 11.3. The molecule has 1 unspecified atom stereocenters. The molecule has 0 amide bonds. The highest BCUT2D eigenvalue weighted by Gasteiger charge is 2.07. The van der Waals surface area contributed by atoms with Crippen molar-refractivity contribution < 1.29 is 4.21 Å². The number of rotatable bonds is 5. The Labute approximate surface area is 106 Å². The van der Waals surface area contributed by atoms with Gasteiger partial charge in [-0.15, -0.1) is 0 Å². The number of anilines is 1. The third kappa shape index (κ3) is 4.17. The van der Waals surface area contributed by atoms with Crippen molar-refractivity contribution in [3.8, 4) is 0 Å². The van der Waals surface area contributed by atoms with Gasteiger partial charge in [-0.1, -0.05) is 0 Å². The van der Waals surface area contributed by atoms with Crippen LogP contribution in [0.15, 0.2) is 27.6 Å². The topological polar surface area (TPSA) is 43.1 Å². The molecule has 0 aliphatic carbocycles. The summed E-state index contributed by atoms with van der Waals surface area (Å²) in [5.74, 6) is 1.77. The first-order valence-corrected chi connectivity index (χ1v) is 8.08. The fraction of sp³-hybridized carbons (Fsp3) is 0.400. The summed E-state index contributed by atoms with van der Waals surface area (Å²) in [4.78, 5) is 0.838. The van der Waals surface area contributed by atoms with Crippen molar-refractivity contribution in [1.82, 2.24) is 0 Å². The summed E-state index contributed by atoms with van der Waals surface area (Å²) in [5.41, 5.74) is 6.30. The van der Waals surface area contributed by atoms with Gasteiger partial charge < -0.3 is 5.73 Å². The standard InChI is InChI=1S/C10H14BrNOS2/c1-14-5-2-6-15(13)10-4-3-8(12)7-9(10)11/h3-4,7H,2,5-6,12H2,1H3. The highest BCUT2D eigenvalue weighted by atomic mass is 79.9. The Morgan fingerprint density at radius 1 is 1.53 bits per heavy atom. The molecule has 1 aromatic carbocycles. The fourth-order valence-electron chi connectivity index (χ4n) is 1.15. The van der Waals surface area contributed by atoms with Gasteiger partial charge in [0.05, 0.1) is 15.7 Å². The van der Waals surface area contributed by atoms with Crippen LogP contribution in [0.2, 0.25) is 0 Å². The summed E-state index contributed by atoms with van der Waals surface area (Å²) in [6.07, 6.45) is 3.03. The van der Waals surface area contributed by atoms with Crippen molar-refractivity contribution >= 4 is 44.2 Å². The predicted molar refractivity (Wildman–Crippen MR) is 72.8 cm³/mol. The number of thioether (sulfide) groups is 1. The molecule has 0 saturated carbocycles. The Hall–Kier alpha value is -0.000000000000000111. The van der Waals surface area contributed by atoms with Gasteiger partial charge in [-0.2, -0.15) is 11.8 Å². The summed E-state index contributed by atoms with van der Waals surface area (Å²) < 4.78 is 12.7. The van der Waals surface area contributed by atoms with E-state index in [-0.39, 0.29) is 0 Å². The second-order valence-corrected chi connectivity index (χ2v) is 6.46. The van der Waals surface area contributed by atoms with Crippen molar-refractivity contribution in [3.63, 3.8) is 0 Å². The van der Waals surface area contributed by atoms with Crippen LogP contribution in [0, 0.1) is 0 Å². The van der Waals surface area contributed by atoms with Crippen molar-refractivity contribution in [2.24, 2.45) is 0 Å². The maximum absolute atomic E-state index is 11.9. The van der Waals surface area contributed by atoms with Crippen LogP contribution in [0.3, 0.4) is 0 Å². The van der Waals surface area contributed by atoms with E-state index in [1.165, 1.54) is 0 Å². The van der Waals surface area contributed by atoms with Gasteiger partial charge in [-0.25, -0.2) is 0 Å².